The van der Waals surface area contributed by atoms with Gasteiger partial charge in [-0.1, -0.05) is 124 Å². The molecule has 4 aliphatic carbocycles. The van der Waals surface area contributed by atoms with Gasteiger partial charge in [0, 0.05) is 6.08 Å². The molecule has 0 amide bonds. The molecular formula is C43H76O3. The Hall–Kier alpha value is -0.830. The van der Waals surface area contributed by atoms with Crippen molar-refractivity contribution in [1.82, 2.24) is 0 Å². The summed E-state index contributed by atoms with van der Waals surface area (Å²) in [7, 11) is 0. The molecule has 0 aliphatic heterocycles. The molecule has 3 nitrogen and oxygen atoms in total. The summed E-state index contributed by atoms with van der Waals surface area (Å²) in [6.45, 7) is 12.9. The molecule has 0 aromatic rings. The van der Waals surface area contributed by atoms with Crippen LogP contribution in [0.5, 0.6) is 0 Å². The van der Waals surface area contributed by atoms with Crippen molar-refractivity contribution >= 4 is 5.97 Å². The molecule has 0 aromatic heterocycles. The summed E-state index contributed by atoms with van der Waals surface area (Å²) in [6, 6.07) is 0. The number of carboxylic acid groups (broad SMARTS) is 1. The molecule has 4 fully saturated rings. The van der Waals surface area contributed by atoms with Gasteiger partial charge < -0.3 is 10.2 Å². The molecule has 46 heavy (non-hydrogen) atoms. The first-order chi connectivity index (χ1) is 22.0. The van der Waals surface area contributed by atoms with E-state index in [4.69, 9.17) is 5.11 Å². The summed E-state index contributed by atoms with van der Waals surface area (Å²) in [5, 5.41) is 19.4. The minimum absolute atomic E-state index is 0.0518. The summed E-state index contributed by atoms with van der Waals surface area (Å²) >= 11 is 0. The molecule has 3 unspecified atom stereocenters. The van der Waals surface area contributed by atoms with Crippen molar-refractivity contribution in [1.29, 1.82) is 0 Å². The van der Waals surface area contributed by atoms with Crippen LogP contribution in [0.1, 0.15) is 195 Å². The van der Waals surface area contributed by atoms with Crippen molar-refractivity contribution in [3.63, 3.8) is 0 Å². The van der Waals surface area contributed by atoms with Gasteiger partial charge in [0.25, 0.3) is 0 Å². The van der Waals surface area contributed by atoms with Crippen LogP contribution in [-0.4, -0.2) is 22.3 Å². The Labute approximate surface area is 285 Å². The molecule has 9 atom stereocenters. The Kier molecular flexibility index (Phi) is 14.6. The third kappa shape index (κ3) is 9.04. The van der Waals surface area contributed by atoms with Crippen LogP contribution in [0.3, 0.4) is 0 Å². The molecule has 0 saturated heterocycles. The monoisotopic (exact) mass is 641 g/mol. The molecule has 2 N–H and O–H groups in total. The van der Waals surface area contributed by atoms with E-state index < -0.39 is 5.97 Å². The normalized spacial score (nSPS) is 36.5. The quantitative estimate of drug-likeness (QED) is 0.103. The molecule has 0 aromatic carbocycles. The van der Waals surface area contributed by atoms with E-state index in [9.17, 15) is 9.90 Å². The van der Waals surface area contributed by atoms with Gasteiger partial charge in [0.2, 0.25) is 0 Å². The van der Waals surface area contributed by atoms with Gasteiger partial charge in [0.1, 0.15) is 0 Å². The van der Waals surface area contributed by atoms with E-state index in [0.29, 0.717) is 16.2 Å². The molecule has 4 aliphatic rings. The average Bonchev–Trinajstić information content (AvgIpc) is 3.36. The molecule has 0 heterocycles. The van der Waals surface area contributed by atoms with Gasteiger partial charge in [-0.05, 0) is 129 Å². The summed E-state index contributed by atoms with van der Waals surface area (Å²) in [5.41, 5.74) is 1.50. The van der Waals surface area contributed by atoms with Crippen LogP contribution in [0.4, 0.5) is 0 Å². The fourth-order valence-electron chi connectivity index (χ4n) is 12.5. The number of allylic oxidation sites excluding steroid dienone is 1. The molecule has 4 saturated carbocycles. The molecule has 4 rings (SSSR count). The number of unbranched alkanes of at least 4 members (excludes halogenated alkanes) is 11. The van der Waals surface area contributed by atoms with Crippen molar-refractivity contribution in [2.75, 3.05) is 0 Å². The maximum absolute atomic E-state index is 10.7. The lowest BCUT2D eigenvalue weighted by molar-refractivity contribution is -0.199. The number of hydrogen-bond acceptors (Lipinski definition) is 2. The maximum atomic E-state index is 10.7. The third-order valence-electron chi connectivity index (χ3n) is 15.1. The lowest BCUT2D eigenvalue weighted by Crippen LogP contribution is -2.61. The summed E-state index contributed by atoms with van der Waals surface area (Å²) in [6.07, 6.45) is 36.5. The number of hydrogen-bond donors (Lipinski definition) is 2. The third-order valence-corrected chi connectivity index (χ3v) is 15.1. The van der Waals surface area contributed by atoms with Gasteiger partial charge in [-0.15, -0.1) is 0 Å². The number of fused-ring (bicyclic) bond motifs is 5. The average molecular weight is 641 g/mol. The number of carbonyl (C=O) groups is 1. The van der Waals surface area contributed by atoms with Crippen molar-refractivity contribution in [3.8, 4) is 0 Å². The van der Waals surface area contributed by atoms with Gasteiger partial charge in [0.05, 0.1) is 6.10 Å². The standard InChI is InChI=1S/C43H76O3/c1-33(2)20-19-21-34(3)37-25-26-38-39-24-23-35-32-36(44)27-29-42(35,5)43(39,31-30-41(37,38)4)28-18-16-14-12-10-8-6-7-9-11-13-15-17-22-40(45)46/h17,22,33-39,44H,6-16,18-21,23-32H2,1-5H3,(H,45,46)/t34-,35?,36?,37-,38+,39+,41-,42+,43?/m1/s1. The number of aliphatic carboxylic acids is 1. The largest absolute Gasteiger partial charge is 0.478 e. The van der Waals surface area contributed by atoms with Crippen LogP contribution < -0.4 is 0 Å². The summed E-state index contributed by atoms with van der Waals surface area (Å²) in [5.74, 6) is 4.41. The number of carboxylic acids is 1. The van der Waals surface area contributed by atoms with E-state index in [1.807, 2.05) is 0 Å². The van der Waals surface area contributed by atoms with Gasteiger partial charge in [0.15, 0.2) is 0 Å². The first-order valence-electron chi connectivity index (χ1n) is 20.6. The Bertz CT molecular complexity index is 940. The van der Waals surface area contributed by atoms with Gasteiger partial charge in [-0.3, -0.25) is 0 Å². The highest BCUT2D eigenvalue weighted by Gasteiger charge is 2.66. The highest BCUT2D eigenvalue weighted by atomic mass is 16.4. The van der Waals surface area contributed by atoms with Gasteiger partial charge in [-0.2, -0.15) is 0 Å². The van der Waals surface area contributed by atoms with E-state index in [2.05, 4.69) is 34.6 Å². The van der Waals surface area contributed by atoms with Crippen molar-refractivity contribution in [3.05, 3.63) is 12.2 Å². The Morgan fingerprint density at radius 2 is 1.37 bits per heavy atom. The summed E-state index contributed by atoms with van der Waals surface area (Å²) in [4.78, 5) is 10.5. The maximum Gasteiger partial charge on any atom is 0.327 e. The minimum Gasteiger partial charge on any atom is -0.478 e. The molecular weight excluding hydrogens is 564 g/mol. The van der Waals surface area contributed by atoms with Crippen LogP contribution in [0.2, 0.25) is 0 Å². The number of aliphatic hydroxyl groups is 1. The molecule has 0 spiro atoms. The van der Waals surface area contributed by atoms with E-state index in [1.54, 1.807) is 6.08 Å². The molecule has 266 valence electrons. The number of rotatable bonds is 20. The Morgan fingerprint density at radius 3 is 2.02 bits per heavy atom. The first kappa shape index (κ1) is 38.0. The SMILES string of the molecule is CC(C)CCC[C@@H](C)[C@H]1CC[C@H]2[C@@H]3CCC4CC(O)CC[C@]4(C)C3(CCCCCCCCCCCCCC=CC(=O)O)CC[C@]12C. The van der Waals surface area contributed by atoms with Crippen molar-refractivity contribution in [2.45, 2.75) is 201 Å². The molecule has 3 heteroatoms. The van der Waals surface area contributed by atoms with E-state index in [-0.39, 0.29) is 6.10 Å². The van der Waals surface area contributed by atoms with E-state index in [1.165, 1.54) is 141 Å². The van der Waals surface area contributed by atoms with E-state index in [0.717, 1.165) is 61.2 Å². The zero-order valence-electron chi connectivity index (χ0n) is 31.2. The zero-order chi connectivity index (χ0) is 33.2. The predicted octanol–water partition coefficient (Wildman–Crippen LogP) is 12.6. The topological polar surface area (TPSA) is 57.5 Å². The zero-order valence-corrected chi connectivity index (χ0v) is 31.2. The highest BCUT2D eigenvalue weighted by Crippen LogP contribution is 2.74. The van der Waals surface area contributed by atoms with E-state index >= 15 is 0 Å². The fourth-order valence-corrected chi connectivity index (χ4v) is 12.5. The fraction of sp³-hybridized carbons (Fsp3) is 0.930. The minimum atomic E-state index is -0.831. The Morgan fingerprint density at radius 1 is 0.739 bits per heavy atom. The van der Waals surface area contributed by atoms with Crippen LogP contribution in [0.15, 0.2) is 12.2 Å². The predicted molar refractivity (Wildman–Crippen MR) is 195 cm³/mol. The van der Waals surface area contributed by atoms with Crippen LogP contribution in [0, 0.1) is 51.8 Å². The molecule has 0 radical (unpaired) electrons. The number of aliphatic hydroxyl groups excluding tert-OH is 1. The summed E-state index contributed by atoms with van der Waals surface area (Å²) < 4.78 is 0. The van der Waals surface area contributed by atoms with Crippen LogP contribution in [-0.2, 0) is 4.79 Å². The smallest absolute Gasteiger partial charge is 0.327 e. The van der Waals surface area contributed by atoms with Crippen molar-refractivity contribution < 1.29 is 15.0 Å². The Balaban J connectivity index is 1.26. The lowest BCUT2D eigenvalue weighted by atomic mass is 9.36. The lowest BCUT2D eigenvalue weighted by Gasteiger charge is -2.68. The molecule has 0 bridgehead atoms. The second kappa shape index (κ2) is 17.7. The first-order valence-corrected chi connectivity index (χ1v) is 20.6. The van der Waals surface area contributed by atoms with Gasteiger partial charge in [-0.25, -0.2) is 4.79 Å². The second-order valence-corrected chi connectivity index (χ2v) is 18.1. The van der Waals surface area contributed by atoms with Crippen LogP contribution >= 0.6 is 0 Å². The highest BCUT2D eigenvalue weighted by molar-refractivity contribution is 5.79. The van der Waals surface area contributed by atoms with Crippen molar-refractivity contribution in [2.24, 2.45) is 51.8 Å². The van der Waals surface area contributed by atoms with Crippen LogP contribution in [0.25, 0.3) is 0 Å². The van der Waals surface area contributed by atoms with Gasteiger partial charge >= 0.3 is 5.97 Å². The second-order valence-electron chi connectivity index (χ2n) is 18.1.